The van der Waals surface area contributed by atoms with Gasteiger partial charge in [-0.3, -0.25) is 23.6 Å². The van der Waals surface area contributed by atoms with Gasteiger partial charge in [0.2, 0.25) is 5.91 Å². The molecule has 3 fully saturated rings. The Morgan fingerprint density at radius 1 is 1.09 bits per heavy atom. The lowest BCUT2D eigenvalue weighted by atomic mass is 9.72. The molecule has 3 aliphatic heterocycles. The Bertz CT molecular complexity index is 1880. The van der Waals surface area contributed by atoms with Crippen molar-refractivity contribution >= 4 is 26.3 Å². The number of likely N-dealkylation sites (tertiary alicyclic amines) is 2. The molecule has 0 bridgehead atoms. The molecule has 5 heterocycles. The Labute approximate surface area is 247 Å². The van der Waals surface area contributed by atoms with Gasteiger partial charge >= 0.3 is 6.18 Å². The second-order valence-electron chi connectivity index (χ2n) is 11.8. The van der Waals surface area contributed by atoms with E-state index in [-0.39, 0.29) is 47.7 Å². The van der Waals surface area contributed by atoms with Gasteiger partial charge in [0.25, 0.3) is 17.4 Å². The van der Waals surface area contributed by atoms with Crippen molar-refractivity contribution in [3.8, 4) is 11.3 Å². The highest BCUT2D eigenvalue weighted by atomic mass is 32.2. The van der Waals surface area contributed by atoms with E-state index in [4.69, 9.17) is 0 Å². The molecule has 9 nitrogen and oxygen atoms in total. The van der Waals surface area contributed by atoms with Gasteiger partial charge in [0.15, 0.2) is 0 Å². The minimum Gasteiger partial charge on any atom is -0.336 e. The molecule has 4 aliphatic rings. The van der Waals surface area contributed by atoms with Crippen molar-refractivity contribution in [1.29, 1.82) is 0 Å². The zero-order chi connectivity index (χ0) is 31.2. The third-order valence-electron chi connectivity index (χ3n) is 8.89. The summed E-state index contributed by atoms with van der Waals surface area (Å²) in [7, 11) is -3.03. The lowest BCUT2D eigenvalue weighted by molar-refractivity contribution is -0.137. The Balaban J connectivity index is 1.21. The fourth-order valence-electron chi connectivity index (χ4n) is 6.72. The number of halogens is 5. The third kappa shape index (κ3) is 4.50. The molecular weight excluding hydrogens is 609 g/mol. The van der Waals surface area contributed by atoms with E-state index in [1.807, 2.05) is 0 Å². The van der Waals surface area contributed by atoms with Crippen LogP contribution in [0.2, 0.25) is 0 Å². The number of nitrogens with one attached hydrogen (secondary N) is 1. The second kappa shape index (κ2) is 9.43. The van der Waals surface area contributed by atoms with Crippen molar-refractivity contribution in [2.45, 2.75) is 24.3 Å². The van der Waals surface area contributed by atoms with Crippen LogP contribution in [0.25, 0.3) is 11.3 Å². The Kier molecular flexibility index (Phi) is 6.13. The number of carbonyl (C=O) groups excluding carboxylic acids is 2. The summed E-state index contributed by atoms with van der Waals surface area (Å²) >= 11 is 0. The summed E-state index contributed by atoms with van der Waals surface area (Å²) in [6.45, 7) is 0.353. The van der Waals surface area contributed by atoms with Crippen LogP contribution < -0.4 is 5.56 Å². The van der Waals surface area contributed by atoms with E-state index in [9.17, 15) is 40.5 Å². The summed E-state index contributed by atoms with van der Waals surface area (Å²) in [4.78, 5) is 51.6. The average molecular weight is 634 g/mol. The predicted octanol–water partition coefficient (Wildman–Crippen LogP) is 3.03. The Hall–Kier alpha value is -4.14. The number of hydrogen-bond donors (Lipinski definition) is 1. The minimum absolute atomic E-state index is 0.0115. The van der Waals surface area contributed by atoms with Crippen LogP contribution >= 0.6 is 0 Å². The number of amides is 2. The standard InChI is InChI=1S/C29H24F5N5O4S/c30-28(31)8-20(28)24(41)39-15-27-14-38(25(42)22-9-36-23(40)10-35-22)11-18(27)12-44(43,26(27)39)13-19-2-1-3-21(37-19)16-4-6-17(7-5-16)29(32,33)34/h1-7,9-10,18,20H,8,11-15H2,(H,36,40)/t18?,20-,27?,44?/m1/s1. The van der Waals surface area contributed by atoms with Gasteiger partial charge < -0.3 is 14.8 Å². The number of aromatic nitrogens is 3. The summed E-state index contributed by atoms with van der Waals surface area (Å²) in [6, 6.07) is 9.36. The zero-order valence-corrected chi connectivity index (χ0v) is 23.6. The van der Waals surface area contributed by atoms with E-state index < -0.39 is 62.3 Å². The van der Waals surface area contributed by atoms with E-state index in [0.29, 0.717) is 17.0 Å². The number of H-pyrrole nitrogens is 1. The average Bonchev–Trinajstić information content (AvgIpc) is 3.36. The minimum atomic E-state index is -4.49. The molecule has 3 aromatic rings. The highest BCUT2D eigenvalue weighted by Crippen LogP contribution is 2.56. The molecule has 1 N–H and O–H groups in total. The number of alkyl halides is 5. The van der Waals surface area contributed by atoms with E-state index in [2.05, 4.69) is 15.0 Å². The van der Waals surface area contributed by atoms with Gasteiger partial charge in [-0.2, -0.15) is 13.2 Å². The predicted molar refractivity (Wildman–Crippen MR) is 148 cm³/mol. The molecule has 4 atom stereocenters. The van der Waals surface area contributed by atoms with E-state index in [1.54, 1.807) is 18.2 Å². The molecule has 2 saturated heterocycles. The fourth-order valence-corrected chi connectivity index (χ4v) is 10.4. The van der Waals surface area contributed by atoms with Gasteiger partial charge in [-0.05, 0) is 24.3 Å². The zero-order valence-electron chi connectivity index (χ0n) is 22.8. The fraction of sp³-hybridized carbons (Fsp3) is 0.379. The molecule has 3 unspecified atom stereocenters. The van der Waals surface area contributed by atoms with E-state index in [0.717, 1.165) is 18.3 Å². The van der Waals surface area contributed by atoms with Crippen LogP contribution in [0.15, 0.2) is 59.7 Å². The number of rotatable bonds is 5. The Morgan fingerprint density at radius 3 is 2.45 bits per heavy atom. The van der Waals surface area contributed by atoms with Gasteiger partial charge in [-0.1, -0.05) is 18.2 Å². The molecule has 230 valence electrons. The van der Waals surface area contributed by atoms with Gasteiger partial charge in [-0.15, -0.1) is 0 Å². The normalized spacial score (nSPS) is 28.3. The third-order valence-corrected chi connectivity index (χ3v) is 11.9. The Morgan fingerprint density at radius 2 is 1.82 bits per heavy atom. The van der Waals surface area contributed by atoms with Gasteiger partial charge in [0.05, 0.1) is 39.3 Å². The number of aromatic amines is 1. The number of pyridine rings is 1. The maximum absolute atomic E-state index is 14.7. The van der Waals surface area contributed by atoms with E-state index >= 15 is 0 Å². The molecule has 0 radical (unpaired) electrons. The molecule has 1 aromatic carbocycles. The molecule has 7 rings (SSSR count). The van der Waals surface area contributed by atoms with Crippen molar-refractivity contribution in [3.63, 3.8) is 0 Å². The largest absolute Gasteiger partial charge is 0.416 e. The lowest BCUT2D eigenvalue weighted by Gasteiger charge is -2.50. The highest BCUT2D eigenvalue weighted by Gasteiger charge is 2.70. The monoisotopic (exact) mass is 633 g/mol. The van der Waals surface area contributed by atoms with Crippen molar-refractivity contribution in [3.05, 3.63) is 82.2 Å². The van der Waals surface area contributed by atoms with Gasteiger partial charge in [-0.25, -0.2) is 13.8 Å². The highest BCUT2D eigenvalue weighted by molar-refractivity contribution is 8.02. The lowest BCUT2D eigenvalue weighted by Crippen LogP contribution is -2.66. The van der Waals surface area contributed by atoms with Crippen LogP contribution in [-0.4, -0.2) is 77.1 Å². The molecule has 2 amide bonds. The molecule has 1 aliphatic carbocycles. The summed E-state index contributed by atoms with van der Waals surface area (Å²) in [5.74, 6) is -6.18. The van der Waals surface area contributed by atoms with Gasteiger partial charge in [0, 0.05) is 59.0 Å². The maximum atomic E-state index is 14.7. The first-order chi connectivity index (χ1) is 20.7. The number of carbonyl (C=O) groups is 2. The topological polar surface area (TPSA) is 116 Å². The van der Waals surface area contributed by atoms with Crippen molar-refractivity contribution < 1.29 is 35.8 Å². The first-order valence-electron chi connectivity index (χ1n) is 13.7. The van der Waals surface area contributed by atoms with Crippen molar-refractivity contribution in [1.82, 2.24) is 24.8 Å². The molecule has 44 heavy (non-hydrogen) atoms. The molecule has 2 aromatic heterocycles. The van der Waals surface area contributed by atoms with Crippen LogP contribution in [0, 0.1) is 17.3 Å². The summed E-state index contributed by atoms with van der Waals surface area (Å²) in [6.07, 6.45) is -2.89. The molecule has 15 heteroatoms. The van der Waals surface area contributed by atoms with Crippen LogP contribution in [0.1, 0.15) is 28.2 Å². The van der Waals surface area contributed by atoms with Crippen LogP contribution in [0.5, 0.6) is 0 Å². The molecule has 1 saturated carbocycles. The smallest absolute Gasteiger partial charge is 0.336 e. The maximum Gasteiger partial charge on any atom is 0.416 e. The van der Waals surface area contributed by atoms with Crippen LogP contribution in [0.4, 0.5) is 22.0 Å². The first-order valence-corrected chi connectivity index (χ1v) is 15.6. The molecular formula is C29H24F5N5O4S. The van der Waals surface area contributed by atoms with Crippen LogP contribution in [-0.2, 0) is 26.2 Å². The number of hydrogen-bond acceptors (Lipinski definition) is 6. The SMILES string of the molecule is O=C(c1c[nH]c(=O)cn1)N1CC2CS(=O)(Cc3cccc(-c4ccc(C(F)(F)F)cc4)n3)=C3N(C(=O)[C@H]4CC4(F)F)CC32C1. The first kappa shape index (κ1) is 28.6. The number of benzene rings is 1. The number of nitrogens with zero attached hydrogens (tertiary/aromatic N) is 4. The van der Waals surface area contributed by atoms with Crippen LogP contribution in [0.3, 0.4) is 0 Å². The van der Waals surface area contributed by atoms with Crippen molar-refractivity contribution in [2.24, 2.45) is 17.3 Å². The second-order valence-corrected chi connectivity index (χ2v) is 14.4. The summed E-state index contributed by atoms with van der Waals surface area (Å²) < 4.78 is 81.6. The molecule has 1 spiro atoms. The van der Waals surface area contributed by atoms with Crippen molar-refractivity contribution in [2.75, 3.05) is 25.4 Å². The summed E-state index contributed by atoms with van der Waals surface area (Å²) in [5, 5.41) is 0. The van der Waals surface area contributed by atoms with Gasteiger partial charge in [0.1, 0.15) is 11.6 Å². The van der Waals surface area contributed by atoms with E-state index in [1.165, 1.54) is 28.1 Å². The summed E-state index contributed by atoms with van der Waals surface area (Å²) in [5.41, 5.74) is -0.965. The quantitative estimate of drug-likeness (QED) is 0.341.